The van der Waals surface area contributed by atoms with Crippen molar-refractivity contribution in [1.29, 1.82) is 0 Å². The summed E-state index contributed by atoms with van der Waals surface area (Å²) in [5.41, 5.74) is 5.21. The quantitative estimate of drug-likeness (QED) is 0.221. The molecule has 0 unspecified atom stereocenters. The zero-order valence-corrected chi connectivity index (χ0v) is 19.7. The van der Waals surface area contributed by atoms with Crippen LogP contribution >= 0.6 is 0 Å². The summed E-state index contributed by atoms with van der Waals surface area (Å²) < 4.78 is 0. The second-order valence-electron chi connectivity index (χ2n) is 7.40. The van der Waals surface area contributed by atoms with E-state index in [-0.39, 0.29) is 26.2 Å². The minimum absolute atomic E-state index is 0. The Morgan fingerprint density at radius 2 is 0.806 bits per heavy atom. The van der Waals surface area contributed by atoms with Crippen molar-refractivity contribution in [3.05, 3.63) is 133 Å². The van der Waals surface area contributed by atoms with Gasteiger partial charge in [-0.2, -0.15) is 24.3 Å². The Hall–Kier alpha value is -3.02. The maximum atomic E-state index is 2.18. The molecule has 31 heavy (non-hydrogen) atoms. The molecule has 0 spiro atoms. The van der Waals surface area contributed by atoms with Crippen molar-refractivity contribution in [2.45, 2.75) is 0 Å². The third-order valence-electron chi connectivity index (χ3n) is 5.53. The van der Waals surface area contributed by atoms with Crippen LogP contribution in [0.15, 0.2) is 133 Å². The molecule has 0 N–H and O–H groups in total. The topological polar surface area (TPSA) is 0 Å². The van der Waals surface area contributed by atoms with Crippen LogP contribution in [0, 0.1) is 0 Å². The molecule has 6 aromatic carbocycles. The summed E-state index contributed by atoms with van der Waals surface area (Å²) in [5, 5.41) is 5.31. The summed E-state index contributed by atoms with van der Waals surface area (Å²) in [5.74, 6) is 0. The maximum absolute atomic E-state index is 2.18. The van der Waals surface area contributed by atoms with E-state index in [2.05, 4.69) is 133 Å². The molecule has 0 amide bonds. The van der Waals surface area contributed by atoms with Gasteiger partial charge < -0.3 is 0 Å². The largest absolute Gasteiger partial charge is 2.00 e. The average Bonchev–Trinajstić information content (AvgIpc) is 3.50. The van der Waals surface area contributed by atoms with Crippen LogP contribution in [0.2, 0.25) is 0 Å². The Labute approximate surface area is 202 Å². The van der Waals surface area contributed by atoms with Crippen LogP contribution in [0.25, 0.3) is 43.8 Å². The van der Waals surface area contributed by atoms with Gasteiger partial charge in [0.1, 0.15) is 0 Å². The molecule has 0 aromatic heterocycles. The first-order valence-electron chi connectivity index (χ1n) is 10.3. The molecule has 0 heterocycles. The van der Waals surface area contributed by atoms with Gasteiger partial charge in [0.05, 0.1) is 0 Å². The van der Waals surface area contributed by atoms with Crippen LogP contribution in [-0.4, -0.2) is 0 Å². The van der Waals surface area contributed by atoms with Crippen molar-refractivity contribution in [3.8, 4) is 22.3 Å². The van der Waals surface area contributed by atoms with E-state index in [1.54, 1.807) is 0 Å². The Kier molecular flexibility index (Phi) is 6.75. The Morgan fingerprint density at radius 3 is 1.23 bits per heavy atom. The predicted molar refractivity (Wildman–Crippen MR) is 130 cm³/mol. The molecular weight excluding hydrogens is 452 g/mol. The van der Waals surface area contributed by atoms with Gasteiger partial charge in [0.2, 0.25) is 0 Å². The average molecular weight is 474 g/mol. The van der Waals surface area contributed by atoms with Gasteiger partial charge in [0, 0.05) is 0 Å². The minimum Gasteiger partial charge on any atom is -0.168 e. The Morgan fingerprint density at radius 1 is 0.387 bits per heavy atom. The third-order valence-corrected chi connectivity index (χ3v) is 5.53. The monoisotopic (exact) mass is 472 g/mol. The molecule has 0 aliphatic carbocycles. The molecule has 0 aliphatic rings. The first-order chi connectivity index (χ1) is 14.9. The van der Waals surface area contributed by atoms with Crippen molar-refractivity contribution in [2.24, 2.45) is 0 Å². The fourth-order valence-electron chi connectivity index (χ4n) is 4.06. The van der Waals surface area contributed by atoms with Crippen molar-refractivity contribution in [3.63, 3.8) is 0 Å². The minimum atomic E-state index is 0. The smallest absolute Gasteiger partial charge is 0.168 e. The van der Waals surface area contributed by atoms with Gasteiger partial charge in [0.25, 0.3) is 0 Å². The SMILES string of the molecule is [Zr+2].c1ccc(-c2cccc3[cH-]ccc23)cc1.c1ccc(-c2cccc3[cH-]ccc23)cc1. The van der Waals surface area contributed by atoms with Crippen LogP contribution in [0.5, 0.6) is 0 Å². The Balaban J connectivity index is 0.000000144. The van der Waals surface area contributed by atoms with Gasteiger partial charge in [-0.25, -0.2) is 0 Å². The molecule has 146 valence electrons. The number of hydrogen-bond acceptors (Lipinski definition) is 0. The van der Waals surface area contributed by atoms with E-state index < -0.39 is 0 Å². The van der Waals surface area contributed by atoms with Gasteiger partial charge in [0.15, 0.2) is 0 Å². The standard InChI is InChI=1S/2C15H11.Zr/c2*1-2-6-12(7-3-1)14-10-4-8-13-9-5-11-15(13)14;/h2*1-11H;/q2*-1;+2. The van der Waals surface area contributed by atoms with Crippen LogP contribution in [-0.2, 0) is 26.2 Å². The van der Waals surface area contributed by atoms with E-state index in [9.17, 15) is 0 Å². The number of hydrogen-bond donors (Lipinski definition) is 0. The van der Waals surface area contributed by atoms with Gasteiger partial charge >= 0.3 is 26.2 Å². The molecule has 0 bridgehead atoms. The molecule has 6 aromatic rings. The van der Waals surface area contributed by atoms with Crippen LogP contribution in [0.3, 0.4) is 0 Å². The number of fused-ring (bicyclic) bond motifs is 2. The second kappa shape index (κ2) is 9.86. The molecule has 0 aliphatic heterocycles. The molecule has 1 heteroatoms. The van der Waals surface area contributed by atoms with Gasteiger partial charge in [-0.1, -0.05) is 83.9 Å². The van der Waals surface area contributed by atoms with E-state index in [0.717, 1.165) is 0 Å². The van der Waals surface area contributed by atoms with E-state index in [1.165, 1.54) is 43.8 Å². The number of benzene rings is 4. The van der Waals surface area contributed by atoms with Gasteiger partial charge in [-0.15, -0.1) is 57.9 Å². The first kappa shape index (κ1) is 21.2. The molecule has 0 radical (unpaired) electrons. The fourth-order valence-corrected chi connectivity index (χ4v) is 4.06. The maximum Gasteiger partial charge on any atom is 2.00 e. The summed E-state index contributed by atoms with van der Waals surface area (Å²) in [6.07, 6.45) is 0. The van der Waals surface area contributed by atoms with Crippen LogP contribution in [0.1, 0.15) is 0 Å². The summed E-state index contributed by atoms with van der Waals surface area (Å²) in [7, 11) is 0. The number of rotatable bonds is 2. The second-order valence-corrected chi connectivity index (χ2v) is 7.40. The zero-order valence-electron chi connectivity index (χ0n) is 17.2. The molecular formula is C30H22Zr. The Bertz CT molecular complexity index is 1260. The summed E-state index contributed by atoms with van der Waals surface area (Å²) in [6, 6.07) is 46.8. The van der Waals surface area contributed by atoms with Crippen LogP contribution in [0.4, 0.5) is 0 Å². The normalized spacial score (nSPS) is 10.3. The zero-order chi connectivity index (χ0) is 20.2. The van der Waals surface area contributed by atoms with E-state index in [0.29, 0.717) is 0 Å². The van der Waals surface area contributed by atoms with Gasteiger partial charge in [-0.3, -0.25) is 0 Å². The van der Waals surface area contributed by atoms with Crippen molar-refractivity contribution >= 4 is 21.5 Å². The molecule has 0 nitrogen and oxygen atoms in total. The van der Waals surface area contributed by atoms with Crippen molar-refractivity contribution < 1.29 is 26.2 Å². The van der Waals surface area contributed by atoms with Crippen LogP contribution < -0.4 is 0 Å². The third kappa shape index (κ3) is 4.53. The summed E-state index contributed by atoms with van der Waals surface area (Å²) in [6.45, 7) is 0. The molecule has 0 saturated carbocycles. The van der Waals surface area contributed by atoms with E-state index >= 15 is 0 Å². The molecule has 0 fully saturated rings. The molecule has 0 saturated heterocycles. The van der Waals surface area contributed by atoms with E-state index in [4.69, 9.17) is 0 Å². The summed E-state index contributed by atoms with van der Waals surface area (Å²) in [4.78, 5) is 0. The van der Waals surface area contributed by atoms with Gasteiger partial charge in [-0.05, 0) is 11.1 Å². The molecule has 0 atom stereocenters. The van der Waals surface area contributed by atoms with E-state index in [1.807, 2.05) is 0 Å². The van der Waals surface area contributed by atoms with Crippen molar-refractivity contribution in [1.82, 2.24) is 0 Å². The molecule has 6 rings (SSSR count). The predicted octanol–water partition coefficient (Wildman–Crippen LogP) is 8.45. The van der Waals surface area contributed by atoms with Crippen molar-refractivity contribution in [2.75, 3.05) is 0 Å². The fraction of sp³-hybridized carbons (Fsp3) is 0. The summed E-state index contributed by atoms with van der Waals surface area (Å²) >= 11 is 0. The first-order valence-corrected chi connectivity index (χ1v) is 10.3.